The first-order valence-corrected chi connectivity index (χ1v) is 7.53. The molecule has 1 N–H and O–H groups in total. The number of thioether (sulfide) groups is 1. The summed E-state index contributed by atoms with van der Waals surface area (Å²) in [6.07, 6.45) is 7.64. The van der Waals surface area contributed by atoms with Crippen LogP contribution in [0.3, 0.4) is 0 Å². The second kappa shape index (κ2) is 5.57. The van der Waals surface area contributed by atoms with Gasteiger partial charge in [0.25, 0.3) is 0 Å². The Balaban J connectivity index is 2.09. The van der Waals surface area contributed by atoms with Crippen molar-refractivity contribution >= 4 is 11.8 Å². The van der Waals surface area contributed by atoms with Crippen LogP contribution < -0.4 is 5.32 Å². The van der Waals surface area contributed by atoms with E-state index in [0.29, 0.717) is 16.7 Å². The summed E-state index contributed by atoms with van der Waals surface area (Å²) in [6.45, 7) is 6.74. The third-order valence-electron chi connectivity index (χ3n) is 3.85. The summed E-state index contributed by atoms with van der Waals surface area (Å²) in [5, 5.41) is 4.98. The van der Waals surface area contributed by atoms with Gasteiger partial charge in [-0.05, 0) is 37.8 Å². The fourth-order valence-electron chi connectivity index (χ4n) is 2.86. The molecule has 3 nitrogen and oxygen atoms in total. The molecule has 2 atom stereocenters. The molecule has 1 saturated carbocycles. The summed E-state index contributed by atoms with van der Waals surface area (Å²) in [7, 11) is 2.07. The van der Waals surface area contributed by atoms with Crippen LogP contribution >= 0.6 is 11.8 Å². The van der Waals surface area contributed by atoms with E-state index in [2.05, 4.69) is 36.2 Å². The Bertz CT molecular complexity index is 389. The lowest BCUT2D eigenvalue weighted by Gasteiger charge is -2.43. The largest absolute Gasteiger partial charge is 0.315 e. The van der Waals surface area contributed by atoms with E-state index in [-0.39, 0.29) is 0 Å². The normalized spacial score (nSPS) is 27.1. The van der Waals surface area contributed by atoms with Gasteiger partial charge in [0.1, 0.15) is 0 Å². The summed E-state index contributed by atoms with van der Waals surface area (Å²) >= 11 is 1.82. The third-order valence-corrected chi connectivity index (χ3v) is 5.08. The standard InChI is InChI=1S/C14H23N3S/c1-10-8-16-13(17-9-10)18-11-6-5-7-14(2,3)12(11)15-4/h8-9,11-12,15H,5-7H2,1-4H3. The number of rotatable bonds is 3. The van der Waals surface area contributed by atoms with Gasteiger partial charge in [0.05, 0.1) is 0 Å². The Kier molecular flexibility index (Phi) is 4.28. The predicted molar refractivity (Wildman–Crippen MR) is 76.9 cm³/mol. The van der Waals surface area contributed by atoms with E-state index in [0.717, 1.165) is 10.7 Å². The number of hydrogen-bond acceptors (Lipinski definition) is 4. The molecule has 1 heterocycles. The zero-order valence-electron chi connectivity index (χ0n) is 11.7. The molecule has 0 saturated heterocycles. The van der Waals surface area contributed by atoms with Gasteiger partial charge in [-0.15, -0.1) is 0 Å². The number of aromatic nitrogens is 2. The van der Waals surface area contributed by atoms with Crippen LogP contribution in [-0.4, -0.2) is 28.3 Å². The molecule has 1 aromatic heterocycles. The molecule has 0 radical (unpaired) electrons. The maximum atomic E-state index is 4.41. The van der Waals surface area contributed by atoms with E-state index in [1.54, 1.807) is 0 Å². The van der Waals surface area contributed by atoms with Crippen LogP contribution in [0.4, 0.5) is 0 Å². The molecule has 18 heavy (non-hydrogen) atoms. The topological polar surface area (TPSA) is 37.8 Å². The van der Waals surface area contributed by atoms with E-state index in [1.807, 2.05) is 31.1 Å². The van der Waals surface area contributed by atoms with Crippen molar-refractivity contribution in [1.29, 1.82) is 0 Å². The Hall–Kier alpha value is -0.610. The Labute approximate surface area is 114 Å². The zero-order chi connectivity index (χ0) is 13.2. The number of nitrogens with zero attached hydrogens (tertiary/aromatic N) is 2. The van der Waals surface area contributed by atoms with Crippen LogP contribution in [-0.2, 0) is 0 Å². The number of aryl methyl sites for hydroxylation is 1. The van der Waals surface area contributed by atoms with Crippen molar-refractivity contribution in [2.24, 2.45) is 5.41 Å². The van der Waals surface area contributed by atoms with Crippen LogP contribution in [0.2, 0.25) is 0 Å². The van der Waals surface area contributed by atoms with Crippen molar-refractivity contribution in [3.63, 3.8) is 0 Å². The van der Waals surface area contributed by atoms with Crippen molar-refractivity contribution in [2.75, 3.05) is 7.05 Å². The molecule has 2 unspecified atom stereocenters. The van der Waals surface area contributed by atoms with Crippen molar-refractivity contribution in [2.45, 2.75) is 56.5 Å². The number of nitrogens with one attached hydrogen (secondary N) is 1. The molecule has 0 aromatic carbocycles. The van der Waals surface area contributed by atoms with E-state index in [4.69, 9.17) is 0 Å². The van der Waals surface area contributed by atoms with Gasteiger partial charge in [0.2, 0.25) is 0 Å². The van der Waals surface area contributed by atoms with Crippen LogP contribution in [0.1, 0.15) is 38.7 Å². The second-order valence-corrected chi connectivity index (χ2v) is 7.05. The smallest absolute Gasteiger partial charge is 0.187 e. The average molecular weight is 265 g/mol. The fourth-order valence-corrected chi connectivity index (χ4v) is 4.29. The highest BCUT2D eigenvalue weighted by atomic mass is 32.2. The lowest BCUT2D eigenvalue weighted by molar-refractivity contribution is 0.182. The summed E-state index contributed by atoms with van der Waals surface area (Å²) in [4.78, 5) is 8.83. The molecule has 1 aliphatic rings. The van der Waals surface area contributed by atoms with E-state index in [1.165, 1.54) is 19.3 Å². The van der Waals surface area contributed by atoms with Crippen LogP contribution in [0.15, 0.2) is 17.6 Å². The van der Waals surface area contributed by atoms with Gasteiger partial charge in [0, 0.05) is 23.7 Å². The maximum absolute atomic E-state index is 4.41. The zero-order valence-corrected chi connectivity index (χ0v) is 12.5. The van der Waals surface area contributed by atoms with Gasteiger partial charge >= 0.3 is 0 Å². The number of hydrogen-bond donors (Lipinski definition) is 1. The Morgan fingerprint density at radius 1 is 1.33 bits per heavy atom. The molecule has 2 rings (SSSR count). The minimum atomic E-state index is 0.357. The van der Waals surface area contributed by atoms with E-state index < -0.39 is 0 Å². The molecule has 0 amide bonds. The first-order chi connectivity index (χ1) is 8.53. The molecule has 1 aromatic rings. The van der Waals surface area contributed by atoms with E-state index >= 15 is 0 Å². The van der Waals surface area contributed by atoms with Crippen molar-refractivity contribution in [1.82, 2.24) is 15.3 Å². The minimum Gasteiger partial charge on any atom is -0.315 e. The highest BCUT2D eigenvalue weighted by Gasteiger charge is 2.38. The molecule has 1 fully saturated rings. The molecule has 4 heteroatoms. The molecular weight excluding hydrogens is 242 g/mol. The van der Waals surface area contributed by atoms with Crippen LogP contribution in [0.25, 0.3) is 0 Å². The molecule has 0 bridgehead atoms. The first kappa shape index (κ1) is 13.8. The summed E-state index contributed by atoms with van der Waals surface area (Å²) < 4.78 is 0. The predicted octanol–water partition coefficient (Wildman–Crippen LogP) is 3.04. The molecular formula is C14H23N3S. The fraction of sp³-hybridized carbons (Fsp3) is 0.714. The summed E-state index contributed by atoms with van der Waals surface area (Å²) in [5.74, 6) is 0. The highest BCUT2D eigenvalue weighted by Crippen LogP contribution is 2.41. The first-order valence-electron chi connectivity index (χ1n) is 6.65. The molecule has 0 aliphatic heterocycles. The van der Waals surface area contributed by atoms with Gasteiger partial charge in [-0.2, -0.15) is 0 Å². The summed E-state index contributed by atoms with van der Waals surface area (Å²) in [5.41, 5.74) is 1.48. The molecule has 0 spiro atoms. The third kappa shape index (κ3) is 3.04. The highest BCUT2D eigenvalue weighted by molar-refractivity contribution is 7.99. The van der Waals surface area contributed by atoms with Gasteiger partial charge < -0.3 is 5.32 Å². The van der Waals surface area contributed by atoms with Gasteiger partial charge in [-0.1, -0.05) is 32.0 Å². The van der Waals surface area contributed by atoms with Crippen molar-refractivity contribution in [3.05, 3.63) is 18.0 Å². The van der Waals surface area contributed by atoms with Gasteiger partial charge in [-0.3, -0.25) is 0 Å². The average Bonchev–Trinajstić information content (AvgIpc) is 2.31. The quantitative estimate of drug-likeness (QED) is 0.853. The second-order valence-electron chi connectivity index (χ2n) is 5.85. The SMILES string of the molecule is CNC1C(Sc2ncc(C)cn2)CCCC1(C)C. The lowest BCUT2D eigenvalue weighted by Crippen LogP contribution is -2.50. The van der Waals surface area contributed by atoms with Gasteiger partial charge in [-0.25, -0.2) is 9.97 Å². The van der Waals surface area contributed by atoms with Gasteiger partial charge in [0.15, 0.2) is 5.16 Å². The van der Waals surface area contributed by atoms with Crippen LogP contribution in [0.5, 0.6) is 0 Å². The van der Waals surface area contributed by atoms with Crippen molar-refractivity contribution in [3.8, 4) is 0 Å². The Morgan fingerprint density at radius 3 is 2.61 bits per heavy atom. The molecule has 100 valence electrons. The summed E-state index contributed by atoms with van der Waals surface area (Å²) in [6, 6.07) is 0.529. The van der Waals surface area contributed by atoms with Crippen LogP contribution in [0, 0.1) is 12.3 Å². The lowest BCUT2D eigenvalue weighted by atomic mass is 9.73. The Morgan fingerprint density at radius 2 is 2.00 bits per heavy atom. The minimum absolute atomic E-state index is 0.357. The van der Waals surface area contributed by atoms with E-state index in [9.17, 15) is 0 Å². The van der Waals surface area contributed by atoms with Crippen molar-refractivity contribution < 1.29 is 0 Å². The molecule has 1 aliphatic carbocycles. The monoisotopic (exact) mass is 265 g/mol. The maximum Gasteiger partial charge on any atom is 0.187 e.